The van der Waals surface area contributed by atoms with Crippen LogP contribution in [0, 0.1) is 0 Å². The number of fused-ring (bicyclic) bond motifs is 14. The molecule has 0 saturated heterocycles. The van der Waals surface area contributed by atoms with Gasteiger partial charge in [-0.2, -0.15) is 0 Å². The molecule has 0 fully saturated rings. The molecule has 8 atom stereocenters. The van der Waals surface area contributed by atoms with E-state index < -0.39 is 136 Å². The van der Waals surface area contributed by atoms with E-state index in [1.807, 2.05) is 19.0 Å². The largest absolute Gasteiger partial charge is 0.508 e. The third-order valence-electron chi connectivity index (χ3n) is 18.1. The van der Waals surface area contributed by atoms with Gasteiger partial charge in [0.25, 0.3) is 0 Å². The number of hydrogen-bond donors (Lipinski definition) is 16. The number of carbonyl (C=O) groups excluding carboxylic acids is 7. The first-order valence-electron chi connectivity index (χ1n) is 33.3. The number of benzene rings is 7. The number of ether oxygens (including phenoxy) is 3. The van der Waals surface area contributed by atoms with E-state index in [1.165, 1.54) is 72.8 Å². The fourth-order valence-electron chi connectivity index (χ4n) is 12.6. The standard InChI is InChI=1S/C73H78Cl2N10O17/c1-4-5-6-7-8-9-10-20-77-34-45-51(89)33-44-57(65(45)91)43-27-37(14-16-49(43)87)59-70(96)84-63(73(99)83-62(44)69(95)78-21-11-22-85(2)3)64(90)38-15-19-53(47(75)28-38)102-56-31-40-30-55(66(56)92)101-52-18-12-35(23-46(52)74)24-48-67(93)80-60(71(97)82-61(40)72(98)81-59)39-25-41(86)32-42(26-39)100-54-29-36(13-17-50(54)88)58(76)68(94)79-48/h12-19,23,25-33,48,58-64,77,86-92H,4-11,20-22,24,34,76H2,1-3H3,(H,78,95)(H,79,94)(H,80,93)(H,81,98)(H,82,97)(H,83,99)(H,84,96)/t48-,58+,59-,60+,61-,62+,63+,64-/m1/s1. The van der Waals surface area contributed by atoms with Crippen LogP contribution in [0.5, 0.6) is 69.0 Å². The second kappa shape index (κ2) is 31.6. The van der Waals surface area contributed by atoms with Crippen molar-refractivity contribution in [1.82, 2.24) is 47.4 Å². The Morgan fingerprint density at radius 3 is 1.84 bits per heavy atom. The van der Waals surface area contributed by atoms with Crippen LogP contribution in [-0.4, -0.2) is 128 Å². The van der Waals surface area contributed by atoms with Gasteiger partial charge in [0, 0.05) is 36.7 Å². The zero-order valence-corrected chi connectivity index (χ0v) is 57.2. The number of nitrogens with zero attached hydrogens (tertiary/aromatic N) is 1. The maximum atomic E-state index is 16.1. The Hall–Kier alpha value is -10.6. The van der Waals surface area contributed by atoms with Gasteiger partial charge in [-0.15, -0.1) is 0 Å². The highest BCUT2D eigenvalue weighted by molar-refractivity contribution is 6.32. The average Bonchev–Trinajstić information content (AvgIpc) is 0.756. The normalized spacial score (nSPS) is 20.4. The molecule has 6 aliphatic rings. The Morgan fingerprint density at radius 2 is 1.16 bits per heavy atom. The van der Waals surface area contributed by atoms with Gasteiger partial charge in [0.2, 0.25) is 47.1 Å². The topological polar surface area (TPSA) is 414 Å². The van der Waals surface area contributed by atoms with Gasteiger partial charge in [-0.05, 0) is 158 Å². The van der Waals surface area contributed by atoms with Crippen LogP contribution in [0.3, 0.4) is 0 Å². The highest BCUT2D eigenvalue weighted by Crippen LogP contribution is 2.49. The van der Waals surface area contributed by atoms with Gasteiger partial charge < -0.3 is 103 Å². The fraction of sp³-hybridized carbons (Fsp3) is 0.329. The molecular formula is C73H78Cl2N10O17. The lowest BCUT2D eigenvalue weighted by molar-refractivity contribution is -0.137. The molecular weight excluding hydrogens is 1360 g/mol. The van der Waals surface area contributed by atoms with Crippen molar-refractivity contribution in [2.24, 2.45) is 5.73 Å². The number of rotatable bonds is 15. The van der Waals surface area contributed by atoms with Gasteiger partial charge in [-0.1, -0.05) is 92.9 Å². The number of phenolic OH excluding ortho intramolecular Hbond substituents is 6. The molecule has 0 unspecified atom stereocenters. The minimum atomic E-state index is -2.16. The summed E-state index contributed by atoms with van der Waals surface area (Å²) >= 11 is 13.9. The Morgan fingerprint density at radius 1 is 0.549 bits per heavy atom. The van der Waals surface area contributed by atoms with Gasteiger partial charge in [0.1, 0.15) is 88.6 Å². The number of aliphatic hydroxyl groups is 1. The predicted octanol–water partition coefficient (Wildman–Crippen LogP) is 7.81. The number of phenols is 6. The summed E-state index contributed by atoms with van der Waals surface area (Å²) in [6.45, 7) is 3.02. The van der Waals surface area contributed by atoms with E-state index in [1.54, 1.807) is 0 Å². The van der Waals surface area contributed by atoms with Gasteiger partial charge >= 0.3 is 0 Å². The van der Waals surface area contributed by atoms with Crippen LogP contribution in [0.4, 0.5) is 0 Å². The Bertz CT molecular complexity index is 4430. The molecule has 7 aromatic rings. The van der Waals surface area contributed by atoms with Crippen LogP contribution >= 0.6 is 23.2 Å². The summed E-state index contributed by atoms with van der Waals surface area (Å²) in [6, 6.07) is 8.80. The maximum Gasteiger partial charge on any atom is 0.248 e. The molecule has 7 amide bonds. The van der Waals surface area contributed by atoms with Crippen LogP contribution in [0.15, 0.2) is 109 Å². The highest BCUT2D eigenvalue weighted by atomic mass is 35.5. The lowest BCUT2D eigenvalue weighted by Crippen LogP contribution is -2.56. The number of carbonyl (C=O) groups is 7. The van der Waals surface area contributed by atoms with Crippen molar-refractivity contribution in [2.75, 3.05) is 33.7 Å². The van der Waals surface area contributed by atoms with E-state index in [2.05, 4.69) is 49.5 Å². The number of aromatic hydroxyl groups is 6. The highest BCUT2D eigenvalue weighted by Gasteiger charge is 2.42. The SMILES string of the molecule is CCCCCCCCCNCc1c(O)cc2c(c1O)-c1cc(ccc1O)[C@H]1NC(=O)[C@@H]3NC(=O)[C@H]4NC(=O)[C@@H](Cc5ccc(c(Cl)c5)Oc5cc3cc(c5O)Oc3ccc(cc3Cl)[C@@H](O)[C@H](NC1=O)C(=O)N[C@@H]2C(=O)NCCCN(C)C)NC(=O)[C@@H](N)c1ccc(O)c(c1)Oc1cc(O)cc4c1. The molecule has 29 heteroatoms. The van der Waals surface area contributed by atoms with Gasteiger partial charge in [-0.25, -0.2) is 0 Å². The number of nitrogens with one attached hydrogen (secondary N) is 8. The molecule has 6 aliphatic heterocycles. The summed E-state index contributed by atoms with van der Waals surface area (Å²) < 4.78 is 18.7. The first-order valence-corrected chi connectivity index (χ1v) is 34.0. The summed E-state index contributed by atoms with van der Waals surface area (Å²) in [5, 5.41) is 105. The fourth-order valence-corrected chi connectivity index (χ4v) is 13.1. The quantitative estimate of drug-likeness (QED) is 0.0435. The van der Waals surface area contributed by atoms with E-state index in [9.17, 15) is 45.3 Å². The Kier molecular flexibility index (Phi) is 22.5. The minimum absolute atomic E-state index is 0.0483. The van der Waals surface area contributed by atoms with Crippen molar-refractivity contribution in [3.05, 3.63) is 164 Å². The number of hydrogen-bond acceptors (Lipinski definition) is 20. The van der Waals surface area contributed by atoms with Crippen LogP contribution < -0.4 is 62.5 Å². The van der Waals surface area contributed by atoms with Crippen molar-refractivity contribution in [3.8, 4) is 80.1 Å². The van der Waals surface area contributed by atoms with Crippen molar-refractivity contribution in [3.63, 3.8) is 0 Å². The van der Waals surface area contributed by atoms with Crippen molar-refractivity contribution >= 4 is 64.6 Å². The number of aliphatic hydroxyl groups excluding tert-OH is 1. The van der Waals surface area contributed by atoms with Crippen LogP contribution in [0.25, 0.3) is 11.1 Å². The monoisotopic (exact) mass is 1440 g/mol. The summed E-state index contributed by atoms with van der Waals surface area (Å²) in [5.74, 6) is -13.2. The summed E-state index contributed by atoms with van der Waals surface area (Å²) in [6.07, 6.45) is 5.04. The molecule has 102 heavy (non-hydrogen) atoms. The number of halogens is 2. The van der Waals surface area contributed by atoms with Crippen LogP contribution in [0.2, 0.25) is 10.0 Å². The van der Waals surface area contributed by atoms with E-state index in [-0.39, 0.29) is 103 Å². The van der Waals surface area contributed by atoms with Gasteiger partial charge in [0.15, 0.2) is 23.0 Å². The average molecular weight is 1440 g/mol. The zero-order chi connectivity index (χ0) is 72.8. The molecule has 536 valence electrons. The van der Waals surface area contributed by atoms with Crippen LogP contribution in [0.1, 0.15) is 139 Å². The molecule has 27 nitrogen and oxygen atoms in total. The van der Waals surface area contributed by atoms with Crippen molar-refractivity contribution in [2.45, 2.75) is 120 Å². The third-order valence-corrected chi connectivity index (χ3v) is 18.7. The summed E-state index contributed by atoms with van der Waals surface area (Å²) in [5.41, 5.74) is 5.09. The molecule has 17 N–H and O–H groups in total. The molecule has 6 heterocycles. The van der Waals surface area contributed by atoms with Crippen molar-refractivity contribution < 1.29 is 83.5 Å². The van der Waals surface area contributed by atoms with Crippen molar-refractivity contribution in [1.29, 1.82) is 0 Å². The summed E-state index contributed by atoms with van der Waals surface area (Å²) in [7, 11) is 3.66. The predicted molar refractivity (Wildman–Crippen MR) is 373 cm³/mol. The van der Waals surface area contributed by atoms with E-state index in [4.69, 9.17) is 43.1 Å². The molecule has 7 aromatic carbocycles. The Balaban J connectivity index is 1.10. The molecule has 0 aromatic heterocycles. The smallest absolute Gasteiger partial charge is 0.248 e. The lowest BCUT2D eigenvalue weighted by atomic mass is 9.87. The molecule has 0 spiro atoms. The first kappa shape index (κ1) is 72.7. The number of unbranched alkanes of at least 4 members (excludes halogenated alkanes) is 6. The second-order valence-electron chi connectivity index (χ2n) is 25.8. The van der Waals surface area contributed by atoms with E-state index in [0.29, 0.717) is 25.1 Å². The van der Waals surface area contributed by atoms with Crippen LogP contribution in [-0.2, 0) is 46.5 Å². The third kappa shape index (κ3) is 16.3. The first-order chi connectivity index (χ1) is 48.8. The number of amides is 7. The lowest BCUT2D eigenvalue weighted by Gasteiger charge is -2.32. The Labute approximate surface area is 595 Å². The second-order valence-corrected chi connectivity index (χ2v) is 26.6. The van der Waals surface area contributed by atoms with Gasteiger partial charge in [0.05, 0.1) is 15.6 Å². The molecule has 0 saturated carbocycles. The zero-order valence-electron chi connectivity index (χ0n) is 55.7. The van der Waals surface area contributed by atoms with Gasteiger partial charge in [-0.3, -0.25) is 33.6 Å². The van der Waals surface area contributed by atoms with E-state index in [0.717, 1.165) is 81.3 Å². The molecule has 0 radical (unpaired) electrons. The summed E-state index contributed by atoms with van der Waals surface area (Å²) in [4.78, 5) is 109. The molecule has 13 rings (SSSR count). The number of nitrogens with two attached hydrogens (primary N) is 1. The molecule has 17 bridgehead atoms. The minimum Gasteiger partial charge on any atom is -0.508 e. The molecule has 0 aliphatic carbocycles. The van der Waals surface area contributed by atoms with E-state index >= 15 is 24.0 Å². The maximum absolute atomic E-state index is 16.1.